The summed E-state index contributed by atoms with van der Waals surface area (Å²) in [4.78, 5) is 49.5. The molecular formula is C38H43ClN6O9S3. The Bertz CT molecular complexity index is 2160. The van der Waals surface area contributed by atoms with Crippen molar-refractivity contribution in [3.63, 3.8) is 0 Å². The zero-order valence-corrected chi connectivity index (χ0v) is 34.2. The first kappa shape index (κ1) is 44.6. The molecule has 0 saturated carbocycles. The van der Waals surface area contributed by atoms with Crippen molar-refractivity contribution in [2.45, 2.75) is 49.9 Å². The third-order valence-corrected chi connectivity index (χ3v) is 11.9. The van der Waals surface area contributed by atoms with E-state index in [9.17, 15) is 32.7 Å². The lowest BCUT2D eigenvalue weighted by atomic mass is 10.1. The normalized spacial score (nSPS) is 12.0. The second-order valence-electron chi connectivity index (χ2n) is 12.2. The molecule has 7 N–H and O–H groups in total. The molecule has 0 saturated heterocycles. The molecule has 0 fully saturated rings. The number of hydrazone groups is 1. The van der Waals surface area contributed by atoms with E-state index in [1.165, 1.54) is 11.8 Å². The van der Waals surface area contributed by atoms with Gasteiger partial charge >= 0.3 is 12.0 Å². The lowest BCUT2D eigenvalue weighted by Crippen LogP contribution is -2.43. The van der Waals surface area contributed by atoms with Crippen LogP contribution in [-0.4, -0.2) is 79.6 Å². The number of carbonyl (C=O) groups is 4. The maximum Gasteiger partial charge on any atom is 0.339 e. The first-order chi connectivity index (χ1) is 27.3. The minimum absolute atomic E-state index is 0.0791. The van der Waals surface area contributed by atoms with Crippen LogP contribution >= 0.6 is 34.7 Å². The molecule has 0 aliphatic carbocycles. The van der Waals surface area contributed by atoms with E-state index in [1.807, 2.05) is 44.2 Å². The highest BCUT2D eigenvalue weighted by Crippen LogP contribution is 2.24. The molecule has 4 rings (SSSR count). The third-order valence-electron chi connectivity index (χ3n) is 8.08. The van der Waals surface area contributed by atoms with Gasteiger partial charge in [-0.2, -0.15) is 16.9 Å². The molecule has 15 nitrogen and oxygen atoms in total. The smallest absolute Gasteiger partial charge is 0.339 e. The quantitative estimate of drug-likeness (QED) is 0.0432. The summed E-state index contributed by atoms with van der Waals surface area (Å²) in [7, 11) is -4.12. The summed E-state index contributed by atoms with van der Waals surface area (Å²) >= 11 is 8.93. The second kappa shape index (κ2) is 22.0. The van der Waals surface area contributed by atoms with Gasteiger partial charge in [-0.05, 0) is 73.4 Å². The summed E-state index contributed by atoms with van der Waals surface area (Å²) < 4.78 is 33.5. The lowest BCUT2D eigenvalue weighted by Gasteiger charge is -2.19. The minimum atomic E-state index is -4.12. The largest absolute Gasteiger partial charge is 0.507 e. The topological polar surface area (TPSA) is 225 Å². The fourth-order valence-electron chi connectivity index (χ4n) is 5.08. The number of sulfonamides is 1. The van der Waals surface area contributed by atoms with Crippen molar-refractivity contribution in [3.05, 3.63) is 110 Å². The number of benzene rings is 3. The highest BCUT2D eigenvalue weighted by molar-refractivity contribution is 7.99. The van der Waals surface area contributed by atoms with Crippen molar-refractivity contribution < 1.29 is 42.5 Å². The summed E-state index contributed by atoms with van der Waals surface area (Å²) in [5.74, 6) is -1.27. The second-order valence-corrected chi connectivity index (χ2v) is 16.5. The summed E-state index contributed by atoms with van der Waals surface area (Å²) in [6.07, 6.45) is 0.963. The Morgan fingerprint density at radius 2 is 1.74 bits per heavy atom. The van der Waals surface area contributed by atoms with Crippen molar-refractivity contribution in [2.24, 2.45) is 5.10 Å². The van der Waals surface area contributed by atoms with E-state index in [4.69, 9.17) is 21.4 Å². The molecule has 1 atom stereocenters. The summed E-state index contributed by atoms with van der Waals surface area (Å²) in [6.45, 7) is 4.28. The summed E-state index contributed by atoms with van der Waals surface area (Å²) in [6, 6.07) is 19.6. The van der Waals surface area contributed by atoms with E-state index >= 15 is 0 Å². The number of nitrogens with zero attached hydrogens (tertiary/aromatic N) is 1. The van der Waals surface area contributed by atoms with E-state index < -0.39 is 45.3 Å². The first-order valence-corrected chi connectivity index (χ1v) is 21.5. The van der Waals surface area contributed by atoms with Crippen LogP contribution in [0.1, 0.15) is 56.3 Å². The average Bonchev–Trinajstić information content (AvgIpc) is 3.67. The Morgan fingerprint density at radius 1 is 0.982 bits per heavy atom. The molecule has 304 valence electrons. The number of hydrogen-bond acceptors (Lipinski definition) is 11. The zero-order valence-electron chi connectivity index (χ0n) is 31.0. The summed E-state index contributed by atoms with van der Waals surface area (Å²) in [5, 5.41) is 32.5. The van der Waals surface area contributed by atoms with Gasteiger partial charge in [0.05, 0.1) is 21.5 Å². The molecule has 1 heterocycles. The lowest BCUT2D eigenvalue weighted by molar-refractivity contribution is -0.123. The van der Waals surface area contributed by atoms with Crippen molar-refractivity contribution in [2.75, 3.05) is 25.4 Å². The van der Waals surface area contributed by atoms with Crippen molar-refractivity contribution >= 4 is 74.2 Å². The van der Waals surface area contributed by atoms with Gasteiger partial charge < -0.3 is 30.9 Å². The van der Waals surface area contributed by atoms with Crippen LogP contribution in [0.25, 0.3) is 0 Å². The number of amides is 4. The van der Waals surface area contributed by atoms with Crippen LogP contribution in [0.4, 0.5) is 4.79 Å². The monoisotopic (exact) mass is 858 g/mol. The standard InChI is InChI=1S/C38H43ClN6O9S3/c1-3-31(43-36(48)34-16-13-27(56-34)20-42-57(52,53)28-14-15-29(37(49)50)33(46)19-28)32(23-55-22-25-7-5-6-8-30(25)39)44-45-38(51)41-18-17-24-9-11-26(12-10-24)54-21-35(47)40-4-2/h5-16,19,31,42,46H,3-4,17-18,20-23H2,1-2H3,(H,40,47)(H,43,48)(H,49,50)(H2,41,45,51)/b44-32-/t31-/m0/s1. The van der Waals surface area contributed by atoms with E-state index in [2.05, 4.69) is 31.2 Å². The SMILES string of the molecule is CCNC(=O)COc1ccc(CCNC(=O)N/N=C(/CSCc2ccccc2Cl)[C@H](CC)NC(=O)c2ccc(CNS(=O)(=O)c3ccc(C(=O)O)c(O)c3)s2)cc1. The van der Waals surface area contributed by atoms with Crippen LogP contribution in [0, 0.1) is 0 Å². The molecule has 3 aromatic carbocycles. The number of ether oxygens (including phenoxy) is 1. The number of carboxylic acid groups (broad SMARTS) is 1. The van der Waals surface area contributed by atoms with Gasteiger partial charge in [0.25, 0.3) is 11.8 Å². The number of nitrogens with one attached hydrogen (secondary N) is 5. The van der Waals surface area contributed by atoms with Gasteiger partial charge in [-0.25, -0.2) is 28.2 Å². The fraction of sp³-hybridized carbons (Fsp3) is 0.289. The van der Waals surface area contributed by atoms with E-state index in [-0.39, 0.29) is 24.0 Å². The molecule has 0 aliphatic heterocycles. The number of likely N-dealkylation sites (N-methyl/N-ethyl adjacent to an activating group) is 1. The number of halogens is 1. The average molecular weight is 859 g/mol. The zero-order chi connectivity index (χ0) is 41.4. The van der Waals surface area contributed by atoms with Crippen LogP contribution in [0.5, 0.6) is 11.5 Å². The van der Waals surface area contributed by atoms with Gasteiger partial charge in [-0.3, -0.25) is 9.59 Å². The van der Waals surface area contributed by atoms with E-state index in [1.54, 1.807) is 30.3 Å². The third kappa shape index (κ3) is 14.1. The maximum absolute atomic E-state index is 13.4. The van der Waals surface area contributed by atoms with Crippen LogP contribution < -0.4 is 30.8 Å². The predicted molar refractivity (Wildman–Crippen MR) is 221 cm³/mol. The number of carboxylic acids is 1. The number of phenols is 1. The van der Waals surface area contributed by atoms with Crippen LogP contribution in [0.2, 0.25) is 5.02 Å². The minimum Gasteiger partial charge on any atom is -0.507 e. The number of hydrogen-bond donors (Lipinski definition) is 7. The van der Waals surface area contributed by atoms with Crippen LogP contribution in [0.3, 0.4) is 0 Å². The molecule has 1 aromatic heterocycles. The molecule has 4 amide bonds. The van der Waals surface area contributed by atoms with Gasteiger partial charge in [-0.1, -0.05) is 48.9 Å². The molecule has 0 aliphatic rings. The molecular weight excluding hydrogens is 816 g/mol. The highest BCUT2D eigenvalue weighted by Gasteiger charge is 2.22. The Balaban J connectivity index is 1.36. The molecule has 19 heteroatoms. The number of thiophene rings is 1. The number of thioether (sulfide) groups is 1. The number of rotatable bonds is 21. The van der Waals surface area contributed by atoms with Gasteiger partial charge in [0.1, 0.15) is 17.1 Å². The van der Waals surface area contributed by atoms with E-state index in [0.29, 0.717) is 63.7 Å². The van der Waals surface area contributed by atoms with Crippen molar-refractivity contribution in [3.8, 4) is 11.5 Å². The summed E-state index contributed by atoms with van der Waals surface area (Å²) in [5.41, 5.74) is 4.48. The van der Waals surface area contributed by atoms with Crippen molar-refractivity contribution in [1.29, 1.82) is 0 Å². The number of aromatic carboxylic acids is 1. The predicted octanol–water partition coefficient (Wildman–Crippen LogP) is 5.14. The van der Waals surface area contributed by atoms with Crippen molar-refractivity contribution in [1.82, 2.24) is 26.1 Å². The van der Waals surface area contributed by atoms with E-state index in [0.717, 1.165) is 40.7 Å². The van der Waals surface area contributed by atoms with Crippen LogP contribution in [-0.2, 0) is 33.5 Å². The molecule has 0 bridgehead atoms. The molecule has 57 heavy (non-hydrogen) atoms. The Hall–Kier alpha value is -5.14. The number of carbonyl (C=O) groups excluding carboxylic acids is 3. The van der Waals surface area contributed by atoms with Gasteiger partial charge in [0.15, 0.2) is 6.61 Å². The Kier molecular flexibility index (Phi) is 17.2. The Labute approximate surface area is 343 Å². The highest BCUT2D eigenvalue weighted by atomic mass is 35.5. The molecule has 4 aromatic rings. The van der Waals surface area contributed by atoms with Gasteiger partial charge in [0, 0.05) is 47.1 Å². The Morgan fingerprint density at radius 3 is 2.42 bits per heavy atom. The molecule has 0 spiro atoms. The van der Waals surface area contributed by atoms with Gasteiger partial charge in [0.2, 0.25) is 10.0 Å². The maximum atomic E-state index is 13.4. The fourth-order valence-corrected chi connectivity index (χ4v) is 8.38. The number of urea groups is 1. The first-order valence-electron chi connectivity index (χ1n) is 17.6. The van der Waals surface area contributed by atoms with Gasteiger partial charge in [-0.15, -0.1) is 11.3 Å². The molecule has 0 unspecified atom stereocenters. The number of aromatic hydroxyl groups is 1. The molecule has 0 radical (unpaired) electrons. The van der Waals surface area contributed by atoms with Crippen LogP contribution in [0.15, 0.2) is 88.9 Å².